The summed E-state index contributed by atoms with van der Waals surface area (Å²) < 4.78 is 0. The Morgan fingerprint density at radius 2 is 1.78 bits per heavy atom. The smallest absolute Gasteiger partial charge is 0.329 e. The van der Waals surface area contributed by atoms with Crippen molar-refractivity contribution >= 4 is 17.7 Å². The number of carbonyl (C=O) groups excluding carboxylic acids is 2. The quantitative estimate of drug-likeness (QED) is 0.895. The van der Waals surface area contributed by atoms with Gasteiger partial charge in [-0.1, -0.05) is 25.1 Å². The highest BCUT2D eigenvalue weighted by Crippen LogP contribution is 2.08. The Balaban J connectivity index is 2.74. The molecule has 1 aromatic carbocycles. The van der Waals surface area contributed by atoms with E-state index in [0.29, 0.717) is 12.2 Å². The number of nitrogens with one attached hydrogen (secondary N) is 1. The van der Waals surface area contributed by atoms with Gasteiger partial charge in [-0.15, -0.1) is 0 Å². The second-order valence-electron chi connectivity index (χ2n) is 4.12. The van der Waals surface area contributed by atoms with Crippen molar-refractivity contribution in [1.82, 2.24) is 9.80 Å². The van der Waals surface area contributed by atoms with E-state index >= 15 is 0 Å². The van der Waals surface area contributed by atoms with Crippen molar-refractivity contribution < 1.29 is 9.59 Å². The summed E-state index contributed by atoms with van der Waals surface area (Å²) in [7, 11) is 3.25. The third-order valence-corrected chi connectivity index (χ3v) is 2.33. The normalized spacial score (nSPS) is 9.72. The number of hydrogen-bond acceptors (Lipinski definition) is 2. The van der Waals surface area contributed by atoms with E-state index in [2.05, 4.69) is 5.32 Å². The van der Waals surface area contributed by atoms with Crippen molar-refractivity contribution in [3.63, 3.8) is 0 Å². The standard InChI is InChI=1S/C13H19N3O2/c1-4-10-16(13(18)15(2)3)12(17)14-11-8-6-5-7-9-11/h5-9H,4,10H2,1-3H3,(H,14,17). The molecule has 5 nitrogen and oxygen atoms in total. The molecule has 1 rings (SSSR count). The number of para-hydroxylation sites is 1. The van der Waals surface area contributed by atoms with Crippen LogP contribution in [0, 0.1) is 0 Å². The van der Waals surface area contributed by atoms with Gasteiger partial charge in [-0.2, -0.15) is 0 Å². The molecule has 0 aromatic heterocycles. The van der Waals surface area contributed by atoms with Gasteiger partial charge in [0.15, 0.2) is 0 Å². The van der Waals surface area contributed by atoms with Crippen LogP contribution in [0.5, 0.6) is 0 Å². The highest BCUT2D eigenvalue weighted by atomic mass is 16.2. The maximum absolute atomic E-state index is 12.0. The number of benzene rings is 1. The van der Waals surface area contributed by atoms with Crippen LogP contribution in [-0.4, -0.2) is 42.5 Å². The Bertz CT molecular complexity index is 404. The predicted molar refractivity (Wildman–Crippen MR) is 71.5 cm³/mol. The molecular formula is C13H19N3O2. The predicted octanol–water partition coefficient (Wildman–Crippen LogP) is 2.61. The molecule has 0 atom stereocenters. The highest BCUT2D eigenvalue weighted by Gasteiger charge is 2.21. The van der Waals surface area contributed by atoms with E-state index in [1.165, 1.54) is 9.80 Å². The SMILES string of the molecule is CCCN(C(=O)Nc1ccccc1)C(=O)N(C)C. The molecule has 4 amide bonds. The number of amides is 4. The second-order valence-corrected chi connectivity index (χ2v) is 4.12. The molecule has 0 saturated heterocycles. The molecule has 18 heavy (non-hydrogen) atoms. The largest absolute Gasteiger partial charge is 0.330 e. The zero-order chi connectivity index (χ0) is 13.5. The van der Waals surface area contributed by atoms with E-state index in [9.17, 15) is 9.59 Å². The lowest BCUT2D eigenvalue weighted by Crippen LogP contribution is -2.45. The molecule has 0 radical (unpaired) electrons. The van der Waals surface area contributed by atoms with Crippen molar-refractivity contribution in [3.05, 3.63) is 30.3 Å². The molecule has 1 aromatic rings. The Hall–Kier alpha value is -2.04. The van der Waals surface area contributed by atoms with Gasteiger partial charge in [-0.25, -0.2) is 14.5 Å². The van der Waals surface area contributed by atoms with Gasteiger partial charge in [0.1, 0.15) is 0 Å². The van der Waals surface area contributed by atoms with Crippen molar-refractivity contribution in [3.8, 4) is 0 Å². The topological polar surface area (TPSA) is 52.7 Å². The molecule has 0 heterocycles. The fourth-order valence-corrected chi connectivity index (χ4v) is 1.46. The number of imide groups is 1. The van der Waals surface area contributed by atoms with Gasteiger partial charge in [0.25, 0.3) is 0 Å². The first-order valence-corrected chi connectivity index (χ1v) is 5.91. The number of rotatable bonds is 3. The van der Waals surface area contributed by atoms with Crippen LogP contribution in [0.3, 0.4) is 0 Å². The van der Waals surface area contributed by atoms with Crippen molar-refractivity contribution in [2.45, 2.75) is 13.3 Å². The summed E-state index contributed by atoms with van der Waals surface area (Å²) in [4.78, 5) is 26.5. The van der Waals surface area contributed by atoms with Crippen LogP contribution >= 0.6 is 0 Å². The van der Waals surface area contributed by atoms with E-state index in [0.717, 1.165) is 6.42 Å². The minimum Gasteiger partial charge on any atom is -0.330 e. The first-order valence-electron chi connectivity index (χ1n) is 5.91. The third kappa shape index (κ3) is 3.76. The van der Waals surface area contributed by atoms with E-state index in [1.807, 2.05) is 25.1 Å². The fraction of sp³-hybridized carbons (Fsp3) is 0.385. The van der Waals surface area contributed by atoms with Gasteiger partial charge in [0.05, 0.1) is 0 Å². The summed E-state index contributed by atoms with van der Waals surface area (Å²) in [5.74, 6) is 0. The molecule has 5 heteroatoms. The number of anilines is 1. The molecule has 0 spiro atoms. The lowest BCUT2D eigenvalue weighted by atomic mass is 10.3. The number of urea groups is 2. The Morgan fingerprint density at radius 1 is 1.17 bits per heavy atom. The van der Waals surface area contributed by atoms with E-state index in [4.69, 9.17) is 0 Å². The van der Waals surface area contributed by atoms with Crippen LogP contribution in [0.1, 0.15) is 13.3 Å². The van der Waals surface area contributed by atoms with Gasteiger partial charge < -0.3 is 10.2 Å². The number of nitrogens with zero attached hydrogens (tertiary/aromatic N) is 2. The maximum Gasteiger partial charge on any atom is 0.329 e. The highest BCUT2D eigenvalue weighted by molar-refractivity contribution is 6.00. The van der Waals surface area contributed by atoms with Crippen molar-refractivity contribution in [2.24, 2.45) is 0 Å². The average molecular weight is 249 g/mol. The summed E-state index contributed by atoms with van der Waals surface area (Å²) in [5.41, 5.74) is 0.676. The second kappa shape index (κ2) is 6.64. The Morgan fingerprint density at radius 3 is 2.28 bits per heavy atom. The van der Waals surface area contributed by atoms with E-state index in [1.54, 1.807) is 26.2 Å². The van der Waals surface area contributed by atoms with Crippen LogP contribution < -0.4 is 5.32 Å². The van der Waals surface area contributed by atoms with Crippen LogP contribution in [0.4, 0.5) is 15.3 Å². The molecule has 0 aliphatic rings. The molecule has 0 saturated carbocycles. The molecular weight excluding hydrogens is 230 g/mol. The molecule has 0 fully saturated rings. The van der Waals surface area contributed by atoms with E-state index in [-0.39, 0.29) is 6.03 Å². The van der Waals surface area contributed by atoms with Crippen LogP contribution in [-0.2, 0) is 0 Å². The zero-order valence-corrected chi connectivity index (χ0v) is 11.0. The Labute approximate surface area is 107 Å². The first kappa shape index (κ1) is 14.0. The zero-order valence-electron chi connectivity index (χ0n) is 11.0. The minimum absolute atomic E-state index is 0.315. The van der Waals surface area contributed by atoms with Crippen molar-refractivity contribution in [2.75, 3.05) is 26.0 Å². The monoisotopic (exact) mass is 249 g/mol. The average Bonchev–Trinajstić information content (AvgIpc) is 2.36. The van der Waals surface area contributed by atoms with Crippen LogP contribution in [0.2, 0.25) is 0 Å². The van der Waals surface area contributed by atoms with Gasteiger partial charge in [0, 0.05) is 26.3 Å². The molecule has 0 bridgehead atoms. The minimum atomic E-state index is -0.401. The molecule has 0 aliphatic heterocycles. The van der Waals surface area contributed by atoms with Crippen LogP contribution in [0.15, 0.2) is 30.3 Å². The summed E-state index contributed by atoms with van der Waals surface area (Å²) in [5, 5.41) is 2.70. The summed E-state index contributed by atoms with van der Waals surface area (Å²) >= 11 is 0. The molecule has 0 aliphatic carbocycles. The maximum atomic E-state index is 12.0. The third-order valence-electron chi connectivity index (χ3n) is 2.33. The Kier molecular flexibility index (Phi) is 5.17. The number of carbonyl (C=O) groups is 2. The summed E-state index contributed by atoms with van der Waals surface area (Å²) in [6.45, 7) is 2.32. The summed E-state index contributed by atoms with van der Waals surface area (Å²) in [6, 6.07) is 8.36. The summed E-state index contributed by atoms with van der Waals surface area (Å²) in [6.07, 6.45) is 0.724. The van der Waals surface area contributed by atoms with Gasteiger partial charge in [-0.3, -0.25) is 0 Å². The molecule has 98 valence electrons. The first-order chi connectivity index (χ1) is 8.56. The van der Waals surface area contributed by atoms with Gasteiger partial charge in [0.2, 0.25) is 0 Å². The molecule has 0 unspecified atom stereocenters. The van der Waals surface area contributed by atoms with E-state index < -0.39 is 6.03 Å². The molecule has 1 N–H and O–H groups in total. The number of hydrogen-bond donors (Lipinski definition) is 1. The van der Waals surface area contributed by atoms with Gasteiger partial charge in [-0.05, 0) is 18.6 Å². The van der Waals surface area contributed by atoms with Crippen molar-refractivity contribution in [1.29, 1.82) is 0 Å². The van der Waals surface area contributed by atoms with Gasteiger partial charge >= 0.3 is 12.1 Å². The lowest BCUT2D eigenvalue weighted by molar-refractivity contribution is 0.174. The van der Waals surface area contributed by atoms with Crippen LogP contribution in [0.25, 0.3) is 0 Å². The fourth-order valence-electron chi connectivity index (χ4n) is 1.46. The lowest BCUT2D eigenvalue weighted by Gasteiger charge is -2.24.